The summed E-state index contributed by atoms with van der Waals surface area (Å²) in [5.41, 5.74) is 2.24. The van der Waals surface area contributed by atoms with E-state index in [0.717, 1.165) is 58.5 Å². The second-order valence-corrected chi connectivity index (χ2v) is 9.81. The Hall–Kier alpha value is -1.96. The first-order valence-corrected chi connectivity index (χ1v) is 13.1. The zero-order chi connectivity index (χ0) is 22.9. The van der Waals surface area contributed by atoms with Crippen molar-refractivity contribution in [1.29, 1.82) is 0 Å². The lowest BCUT2D eigenvalue weighted by Crippen LogP contribution is -2.38. The zero-order valence-electron chi connectivity index (χ0n) is 19.1. The summed E-state index contributed by atoms with van der Waals surface area (Å²) < 4.78 is 14.2. The predicted molar refractivity (Wildman–Crippen MR) is 135 cm³/mol. The van der Waals surface area contributed by atoms with Gasteiger partial charge >= 0.3 is 0 Å². The Morgan fingerprint density at radius 3 is 2.50 bits per heavy atom. The third-order valence-electron chi connectivity index (χ3n) is 5.53. The Morgan fingerprint density at radius 2 is 1.81 bits per heavy atom. The third-order valence-corrected chi connectivity index (χ3v) is 7.67. The van der Waals surface area contributed by atoms with E-state index in [1.165, 1.54) is 17.7 Å². The summed E-state index contributed by atoms with van der Waals surface area (Å²) in [4.78, 5) is 23.2. The number of benzene rings is 2. The smallest absolute Gasteiger partial charge is 0.228 e. The predicted octanol–water partition coefficient (Wildman–Crippen LogP) is 6.25. The highest BCUT2D eigenvalue weighted by molar-refractivity contribution is 7.99. The molecule has 0 N–H and O–H groups in total. The zero-order valence-corrected chi connectivity index (χ0v) is 20.8. The number of hydrogen-bond acceptors (Lipinski definition) is 5. The Kier molecular flexibility index (Phi) is 9.51. The molecule has 0 saturated carbocycles. The van der Waals surface area contributed by atoms with Crippen LogP contribution in [0.4, 0.5) is 9.52 Å². The molecular weight excluding hydrogens is 441 g/mol. The highest BCUT2D eigenvalue weighted by Crippen LogP contribution is 2.30. The van der Waals surface area contributed by atoms with Gasteiger partial charge in [0, 0.05) is 24.4 Å². The number of halogens is 1. The molecule has 4 nitrogen and oxygen atoms in total. The third kappa shape index (κ3) is 6.77. The molecule has 1 aromatic heterocycles. The topological polar surface area (TPSA) is 36.4 Å². The molecule has 0 spiro atoms. The van der Waals surface area contributed by atoms with Gasteiger partial charge in [-0.3, -0.25) is 9.69 Å². The fourth-order valence-electron chi connectivity index (χ4n) is 3.48. The minimum atomic E-state index is -0.227. The first-order chi connectivity index (χ1) is 15.5. The standard InChI is InChI=1S/C25H32FN3OS2/c1-4-19-9-14-22-23(18-19)32-25(27-22)29(16-15-28(5-2)6-3)24(30)8-7-17-31-21-12-10-20(26)11-13-21/h9-14,18H,4-8,15-17H2,1-3H3. The molecule has 0 radical (unpaired) electrons. The van der Waals surface area contributed by atoms with E-state index in [9.17, 15) is 9.18 Å². The molecular formula is C25H32FN3OS2. The normalized spacial score (nSPS) is 11.4. The van der Waals surface area contributed by atoms with Gasteiger partial charge in [0.05, 0.1) is 10.2 Å². The highest BCUT2D eigenvalue weighted by Gasteiger charge is 2.20. The Labute approximate surface area is 198 Å². The van der Waals surface area contributed by atoms with Crippen LogP contribution < -0.4 is 4.90 Å². The second kappa shape index (κ2) is 12.3. The molecule has 2 aromatic carbocycles. The molecule has 0 bridgehead atoms. The maximum Gasteiger partial charge on any atom is 0.228 e. The maximum absolute atomic E-state index is 13.2. The summed E-state index contributed by atoms with van der Waals surface area (Å²) in [6.07, 6.45) is 2.23. The van der Waals surface area contributed by atoms with Crippen LogP contribution in [-0.4, -0.2) is 47.7 Å². The van der Waals surface area contributed by atoms with Crippen molar-refractivity contribution < 1.29 is 9.18 Å². The number of thiazole rings is 1. The van der Waals surface area contributed by atoms with Crippen LogP contribution in [0.5, 0.6) is 0 Å². The van der Waals surface area contributed by atoms with Crippen molar-refractivity contribution in [2.45, 2.75) is 44.9 Å². The SMILES string of the molecule is CCc1ccc2nc(N(CCN(CC)CC)C(=O)CCCSc3ccc(F)cc3)sc2c1. The number of fused-ring (bicyclic) bond motifs is 1. The van der Waals surface area contributed by atoms with Gasteiger partial charge in [0.1, 0.15) is 5.82 Å². The summed E-state index contributed by atoms with van der Waals surface area (Å²) in [6.45, 7) is 9.84. The van der Waals surface area contributed by atoms with E-state index in [-0.39, 0.29) is 11.7 Å². The van der Waals surface area contributed by atoms with Crippen molar-refractivity contribution >= 4 is 44.4 Å². The molecule has 0 unspecified atom stereocenters. The Bertz CT molecular complexity index is 1000. The molecule has 32 heavy (non-hydrogen) atoms. The number of amides is 1. The minimum absolute atomic E-state index is 0.117. The van der Waals surface area contributed by atoms with Crippen LogP contribution in [0.2, 0.25) is 0 Å². The Balaban J connectivity index is 1.67. The quantitative estimate of drug-likeness (QED) is 0.230. The van der Waals surface area contributed by atoms with Gasteiger partial charge < -0.3 is 4.90 Å². The molecule has 7 heteroatoms. The van der Waals surface area contributed by atoms with Crippen LogP contribution in [0, 0.1) is 5.82 Å². The van der Waals surface area contributed by atoms with Gasteiger partial charge in [0.25, 0.3) is 0 Å². The van der Waals surface area contributed by atoms with Gasteiger partial charge in [-0.15, -0.1) is 11.8 Å². The molecule has 0 fully saturated rings. The summed E-state index contributed by atoms with van der Waals surface area (Å²) in [7, 11) is 0. The van der Waals surface area contributed by atoms with E-state index in [1.54, 1.807) is 35.2 Å². The number of aryl methyl sites for hydroxylation is 1. The van der Waals surface area contributed by atoms with Crippen LogP contribution >= 0.6 is 23.1 Å². The minimum Gasteiger partial charge on any atom is -0.302 e. The first kappa shape index (κ1) is 24.7. The van der Waals surface area contributed by atoms with Gasteiger partial charge in [-0.25, -0.2) is 9.37 Å². The van der Waals surface area contributed by atoms with Crippen molar-refractivity contribution in [2.75, 3.05) is 36.8 Å². The molecule has 172 valence electrons. The van der Waals surface area contributed by atoms with Crippen molar-refractivity contribution in [3.8, 4) is 0 Å². The average Bonchev–Trinajstić information content (AvgIpc) is 3.23. The number of anilines is 1. The number of carbonyl (C=O) groups excluding carboxylic acids is 1. The fraction of sp³-hybridized carbons (Fsp3) is 0.440. The van der Waals surface area contributed by atoms with Gasteiger partial charge in [0.2, 0.25) is 5.91 Å². The van der Waals surface area contributed by atoms with Crippen molar-refractivity contribution in [3.05, 3.63) is 53.8 Å². The molecule has 0 aliphatic carbocycles. The summed E-state index contributed by atoms with van der Waals surface area (Å²) in [5, 5.41) is 0.789. The van der Waals surface area contributed by atoms with Crippen molar-refractivity contribution in [3.63, 3.8) is 0 Å². The number of nitrogens with zero attached hydrogens (tertiary/aromatic N) is 3. The average molecular weight is 474 g/mol. The van der Waals surface area contributed by atoms with Gasteiger partial charge in [-0.1, -0.05) is 38.2 Å². The van der Waals surface area contributed by atoms with Crippen LogP contribution in [0.15, 0.2) is 47.4 Å². The van der Waals surface area contributed by atoms with E-state index < -0.39 is 0 Å². The van der Waals surface area contributed by atoms with E-state index in [0.29, 0.717) is 13.0 Å². The number of rotatable bonds is 12. The van der Waals surface area contributed by atoms with E-state index in [1.807, 2.05) is 4.90 Å². The summed E-state index contributed by atoms with van der Waals surface area (Å²) >= 11 is 3.26. The Morgan fingerprint density at radius 1 is 1.06 bits per heavy atom. The summed E-state index contributed by atoms with van der Waals surface area (Å²) in [6, 6.07) is 12.9. The molecule has 1 heterocycles. The van der Waals surface area contributed by atoms with Crippen LogP contribution in [0.25, 0.3) is 10.2 Å². The number of hydrogen-bond donors (Lipinski definition) is 0. The van der Waals surface area contributed by atoms with E-state index in [4.69, 9.17) is 4.98 Å². The maximum atomic E-state index is 13.2. The van der Waals surface area contributed by atoms with Gasteiger partial charge in [-0.2, -0.15) is 0 Å². The summed E-state index contributed by atoms with van der Waals surface area (Å²) in [5.74, 6) is 0.711. The van der Waals surface area contributed by atoms with E-state index >= 15 is 0 Å². The van der Waals surface area contributed by atoms with Gasteiger partial charge in [0.15, 0.2) is 5.13 Å². The monoisotopic (exact) mass is 473 g/mol. The molecule has 0 aliphatic heterocycles. The first-order valence-electron chi connectivity index (χ1n) is 11.3. The van der Waals surface area contributed by atoms with Crippen molar-refractivity contribution in [1.82, 2.24) is 9.88 Å². The second-order valence-electron chi connectivity index (χ2n) is 7.63. The lowest BCUT2D eigenvalue weighted by atomic mass is 10.2. The lowest BCUT2D eigenvalue weighted by Gasteiger charge is -2.24. The van der Waals surface area contributed by atoms with E-state index in [2.05, 4.69) is 43.9 Å². The van der Waals surface area contributed by atoms with Crippen LogP contribution in [-0.2, 0) is 11.2 Å². The van der Waals surface area contributed by atoms with Gasteiger partial charge in [-0.05, 0) is 73.6 Å². The fourth-order valence-corrected chi connectivity index (χ4v) is 5.41. The van der Waals surface area contributed by atoms with Crippen LogP contribution in [0.3, 0.4) is 0 Å². The molecule has 1 amide bonds. The molecule has 0 atom stereocenters. The lowest BCUT2D eigenvalue weighted by molar-refractivity contribution is -0.118. The largest absolute Gasteiger partial charge is 0.302 e. The highest BCUT2D eigenvalue weighted by atomic mass is 32.2. The molecule has 0 aliphatic rings. The van der Waals surface area contributed by atoms with Crippen LogP contribution in [0.1, 0.15) is 39.2 Å². The number of aromatic nitrogens is 1. The molecule has 3 aromatic rings. The number of carbonyl (C=O) groups is 1. The number of thioether (sulfide) groups is 1. The number of likely N-dealkylation sites (N-methyl/N-ethyl adjacent to an activating group) is 1. The van der Waals surface area contributed by atoms with Crippen molar-refractivity contribution in [2.24, 2.45) is 0 Å². The molecule has 3 rings (SSSR count). The molecule has 0 saturated heterocycles.